The predicted octanol–water partition coefficient (Wildman–Crippen LogP) is 4.40. The van der Waals surface area contributed by atoms with Crippen molar-refractivity contribution < 1.29 is 13.6 Å². The molecule has 7 heteroatoms. The predicted molar refractivity (Wildman–Crippen MR) is 115 cm³/mol. The summed E-state index contributed by atoms with van der Waals surface area (Å²) in [5.74, 6) is 2.62. The van der Waals surface area contributed by atoms with E-state index in [1.165, 1.54) is 0 Å². The van der Waals surface area contributed by atoms with Crippen molar-refractivity contribution in [2.75, 3.05) is 11.4 Å². The number of carbonyl (C=O) groups excluding carboxylic acids is 1. The van der Waals surface area contributed by atoms with Gasteiger partial charge in [-0.05, 0) is 50.2 Å². The van der Waals surface area contributed by atoms with Crippen molar-refractivity contribution in [2.45, 2.75) is 32.9 Å². The third kappa shape index (κ3) is 4.35. The topological polar surface area (TPSA) is 84.4 Å². The van der Waals surface area contributed by atoms with Crippen LogP contribution in [0, 0.1) is 0 Å². The molecule has 0 saturated heterocycles. The van der Waals surface area contributed by atoms with Crippen LogP contribution in [0.1, 0.15) is 26.0 Å². The largest absolute Gasteiger partial charge is 0.467 e. The van der Waals surface area contributed by atoms with Gasteiger partial charge in [-0.15, -0.1) is 0 Å². The van der Waals surface area contributed by atoms with Crippen molar-refractivity contribution in [1.82, 2.24) is 15.3 Å². The first kappa shape index (κ1) is 19.7. The molecule has 0 unspecified atom stereocenters. The van der Waals surface area contributed by atoms with Gasteiger partial charge in [-0.1, -0.05) is 12.1 Å². The van der Waals surface area contributed by atoms with E-state index >= 15 is 0 Å². The van der Waals surface area contributed by atoms with Crippen LogP contribution in [0.2, 0.25) is 0 Å². The van der Waals surface area contributed by atoms with E-state index in [9.17, 15) is 4.79 Å². The lowest BCUT2D eigenvalue weighted by Gasteiger charge is -2.29. The van der Waals surface area contributed by atoms with Crippen LogP contribution in [0.15, 0.2) is 69.9 Å². The van der Waals surface area contributed by atoms with Crippen LogP contribution in [0.5, 0.6) is 0 Å². The first-order valence-corrected chi connectivity index (χ1v) is 9.98. The molecule has 0 bridgehead atoms. The lowest BCUT2D eigenvalue weighted by Crippen LogP contribution is -2.36. The lowest BCUT2D eigenvalue weighted by molar-refractivity contribution is -0.121. The minimum atomic E-state index is -0.0401. The van der Waals surface area contributed by atoms with E-state index in [4.69, 9.17) is 13.8 Å². The fraction of sp³-hybridized carbons (Fsp3) is 0.261. The van der Waals surface area contributed by atoms with Crippen molar-refractivity contribution in [3.63, 3.8) is 0 Å². The minimum Gasteiger partial charge on any atom is -0.467 e. The van der Waals surface area contributed by atoms with E-state index in [1.807, 2.05) is 42.5 Å². The van der Waals surface area contributed by atoms with E-state index in [0.717, 1.165) is 22.5 Å². The van der Waals surface area contributed by atoms with E-state index < -0.39 is 0 Å². The Balaban J connectivity index is 1.58. The van der Waals surface area contributed by atoms with Gasteiger partial charge in [0.15, 0.2) is 11.6 Å². The molecule has 0 atom stereocenters. The number of aromatic nitrogens is 2. The summed E-state index contributed by atoms with van der Waals surface area (Å²) in [5.41, 5.74) is 0.835. The van der Waals surface area contributed by atoms with Gasteiger partial charge in [0.1, 0.15) is 11.6 Å². The highest BCUT2D eigenvalue weighted by Gasteiger charge is 2.19. The number of nitrogens with zero attached hydrogens (tertiary/aromatic N) is 3. The summed E-state index contributed by atoms with van der Waals surface area (Å²) in [4.78, 5) is 24.0. The number of fused-ring (bicyclic) bond motifs is 1. The van der Waals surface area contributed by atoms with Crippen molar-refractivity contribution >= 4 is 22.6 Å². The Bertz CT molecular complexity index is 1100. The number of hydrogen-bond acceptors (Lipinski definition) is 6. The monoisotopic (exact) mass is 404 g/mol. The normalized spacial score (nSPS) is 11.2. The molecule has 1 N–H and O–H groups in total. The number of amides is 1. The van der Waals surface area contributed by atoms with Crippen LogP contribution in [-0.2, 0) is 11.3 Å². The zero-order valence-corrected chi connectivity index (χ0v) is 17.0. The second kappa shape index (κ2) is 8.82. The average Bonchev–Trinajstić information content (AvgIpc) is 3.46. The number of para-hydroxylation sites is 1. The number of rotatable bonds is 8. The molecule has 1 aromatic carbocycles. The van der Waals surface area contributed by atoms with Crippen LogP contribution in [0.25, 0.3) is 22.5 Å². The summed E-state index contributed by atoms with van der Waals surface area (Å²) < 4.78 is 10.8. The van der Waals surface area contributed by atoms with Crippen molar-refractivity contribution in [3.8, 4) is 11.6 Å². The number of anilines is 1. The molecule has 1 amide bonds. The van der Waals surface area contributed by atoms with Gasteiger partial charge in [0, 0.05) is 24.4 Å². The molecule has 0 aliphatic rings. The fourth-order valence-corrected chi connectivity index (χ4v) is 3.31. The molecule has 4 aromatic rings. The van der Waals surface area contributed by atoms with Gasteiger partial charge in [0.2, 0.25) is 5.91 Å². The van der Waals surface area contributed by atoms with E-state index in [-0.39, 0.29) is 11.9 Å². The molecule has 3 aromatic heterocycles. The minimum absolute atomic E-state index is 0.0401. The van der Waals surface area contributed by atoms with Crippen LogP contribution in [-0.4, -0.2) is 28.5 Å². The third-order valence-electron chi connectivity index (χ3n) is 4.84. The maximum atomic E-state index is 12.4. The molecule has 0 saturated carbocycles. The van der Waals surface area contributed by atoms with Gasteiger partial charge in [-0.3, -0.25) is 4.79 Å². The highest BCUT2D eigenvalue weighted by molar-refractivity contribution is 5.91. The maximum absolute atomic E-state index is 12.4. The van der Waals surface area contributed by atoms with Gasteiger partial charge in [0.05, 0.1) is 24.6 Å². The summed E-state index contributed by atoms with van der Waals surface area (Å²) in [6.45, 7) is 5.08. The van der Waals surface area contributed by atoms with E-state index in [2.05, 4.69) is 29.0 Å². The van der Waals surface area contributed by atoms with Crippen LogP contribution in [0.4, 0.5) is 5.82 Å². The molecule has 30 heavy (non-hydrogen) atoms. The summed E-state index contributed by atoms with van der Waals surface area (Å²) in [6.07, 6.45) is 3.54. The van der Waals surface area contributed by atoms with Gasteiger partial charge >= 0.3 is 0 Å². The Morgan fingerprint density at radius 3 is 2.57 bits per heavy atom. The standard InChI is InChI=1S/C23H24N4O3/c1-16(2)27(12-11-21(28)24-15-17-7-5-13-29-17)23-18-8-3-4-9-19(18)25-22(26-23)20-10-6-14-30-20/h3-10,13-14,16H,11-12,15H2,1-2H3,(H,24,28). The molecular weight excluding hydrogens is 380 g/mol. The first-order chi connectivity index (χ1) is 14.6. The number of hydrogen-bond donors (Lipinski definition) is 1. The van der Waals surface area contributed by atoms with E-state index in [1.54, 1.807) is 18.6 Å². The van der Waals surface area contributed by atoms with Crippen LogP contribution < -0.4 is 10.2 Å². The molecule has 4 rings (SSSR count). The molecule has 0 aliphatic heterocycles. The average molecular weight is 404 g/mol. The molecular formula is C23H24N4O3. The zero-order chi connectivity index (χ0) is 20.9. The summed E-state index contributed by atoms with van der Waals surface area (Å²) in [6, 6.07) is 15.3. The molecule has 0 spiro atoms. The quantitative estimate of drug-likeness (QED) is 0.468. The Morgan fingerprint density at radius 1 is 1.03 bits per heavy atom. The smallest absolute Gasteiger partial charge is 0.222 e. The van der Waals surface area contributed by atoms with Crippen molar-refractivity contribution in [2.24, 2.45) is 0 Å². The summed E-state index contributed by atoms with van der Waals surface area (Å²) in [5, 5.41) is 3.84. The van der Waals surface area contributed by atoms with Gasteiger partial charge in [-0.2, -0.15) is 0 Å². The molecule has 3 heterocycles. The Morgan fingerprint density at radius 2 is 1.83 bits per heavy atom. The summed E-state index contributed by atoms with van der Waals surface area (Å²) >= 11 is 0. The maximum Gasteiger partial charge on any atom is 0.222 e. The lowest BCUT2D eigenvalue weighted by atomic mass is 10.2. The second-order valence-electron chi connectivity index (χ2n) is 7.26. The third-order valence-corrected chi connectivity index (χ3v) is 4.84. The van der Waals surface area contributed by atoms with E-state index in [0.29, 0.717) is 31.1 Å². The second-order valence-corrected chi connectivity index (χ2v) is 7.26. The molecule has 0 fully saturated rings. The highest BCUT2D eigenvalue weighted by atomic mass is 16.3. The number of benzene rings is 1. The van der Waals surface area contributed by atoms with Crippen LogP contribution in [0.3, 0.4) is 0 Å². The van der Waals surface area contributed by atoms with Crippen molar-refractivity contribution in [3.05, 3.63) is 66.8 Å². The first-order valence-electron chi connectivity index (χ1n) is 9.98. The van der Waals surface area contributed by atoms with Crippen molar-refractivity contribution in [1.29, 1.82) is 0 Å². The Hall–Kier alpha value is -3.61. The summed E-state index contributed by atoms with van der Waals surface area (Å²) in [7, 11) is 0. The molecule has 0 radical (unpaired) electrons. The fourth-order valence-electron chi connectivity index (χ4n) is 3.31. The van der Waals surface area contributed by atoms with Crippen LogP contribution >= 0.6 is 0 Å². The number of carbonyl (C=O) groups is 1. The zero-order valence-electron chi connectivity index (χ0n) is 17.0. The molecule has 154 valence electrons. The van der Waals surface area contributed by atoms with Gasteiger partial charge in [-0.25, -0.2) is 9.97 Å². The SMILES string of the molecule is CC(C)N(CCC(=O)NCc1ccco1)c1nc(-c2ccco2)nc2ccccc12. The number of nitrogens with one attached hydrogen (secondary N) is 1. The molecule has 0 aliphatic carbocycles. The highest BCUT2D eigenvalue weighted by Crippen LogP contribution is 2.29. The van der Waals surface area contributed by atoms with Gasteiger partial charge < -0.3 is 19.1 Å². The Kier molecular flexibility index (Phi) is 5.79. The number of furan rings is 2. The molecule has 7 nitrogen and oxygen atoms in total. The van der Waals surface area contributed by atoms with Gasteiger partial charge in [0.25, 0.3) is 0 Å². The Labute approximate surface area is 174 Å².